The quantitative estimate of drug-likeness (QED) is 0.547. The van der Waals surface area contributed by atoms with E-state index in [9.17, 15) is 18.7 Å². The van der Waals surface area contributed by atoms with Gasteiger partial charge in [0.1, 0.15) is 28.5 Å². The summed E-state index contributed by atoms with van der Waals surface area (Å²) in [5.41, 5.74) is -0.780. The van der Waals surface area contributed by atoms with Crippen molar-refractivity contribution in [3.05, 3.63) is 63.4 Å². The van der Waals surface area contributed by atoms with Gasteiger partial charge in [0.05, 0.1) is 24.9 Å². The number of pyridine rings is 1. The maximum Gasteiger partial charge on any atom is 0.408 e. The first-order chi connectivity index (χ1) is 15.9. The Morgan fingerprint density at radius 1 is 1.26 bits per heavy atom. The number of hydrogen-bond acceptors (Lipinski definition) is 5. The minimum Gasteiger partial charge on any atom is -0.444 e. The number of nitrogens with zero attached hydrogens (tertiary/aromatic N) is 1. The molecule has 0 saturated carbocycles. The van der Waals surface area contributed by atoms with Crippen LogP contribution in [0.15, 0.2) is 34.8 Å². The Morgan fingerprint density at radius 2 is 1.91 bits per heavy atom. The lowest BCUT2D eigenvalue weighted by Crippen LogP contribution is -2.36. The summed E-state index contributed by atoms with van der Waals surface area (Å²) in [6.45, 7) is 6.05. The van der Waals surface area contributed by atoms with Gasteiger partial charge in [-0.3, -0.25) is 0 Å². The summed E-state index contributed by atoms with van der Waals surface area (Å²) >= 11 is 3.45. The lowest BCUT2D eigenvalue weighted by atomic mass is 9.95. The Hall–Kier alpha value is -2.54. The van der Waals surface area contributed by atoms with Gasteiger partial charge in [-0.25, -0.2) is 18.6 Å². The number of nitrogens with one attached hydrogen (secondary N) is 1. The van der Waals surface area contributed by atoms with Crippen molar-refractivity contribution < 1.29 is 28.2 Å². The van der Waals surface area contributed by atoms with Crippen molar-refractivity contribution in [3.63, 3.8) is 0 Å². The van der Waals surface area contributed by atoms with Crippen LogP contribution in [0, 0.1) is 23.5 Å². The minimum absolute atomic E-state index is 0.0533. The molecule has 1 aliphatic rings. The summed E-state index contributed by atoms with van der Waals surface area (Å²) in [6.07, 6.45) is 0.155. The van der Waals surface area contributed by atoms with E-state index >= 15 is 0 Å². The second-order valence-corrected chi connectivity index (χ2v) is 9.99. The lowest BCUT2D eigenvalue weighted by Gasteiger charge is -2.26. The molecule has 9 heteroatoms. The third-order valence-electron chi connectivity index (χ3n) is 5.00. The maximum atomic E-state index is 13.8. The van der Waals surface area contributed by atoms with Crippen molar-refractivity contribution in [2.45, 2.75) is 57.3 Å². The molecule has 0 aliphatic carbocycles. The number of rotatable bonds is 4. The number of amides is 1. The van der Waals surface area contributed by atoms with Gasteiger partial charge in [-0.1, -0.05) is 5.92 Å². The van der Waals surface area contributed by atoms with Crippen LogP contribution in [-0.4, -0.2) is 40.6 Å². The summed E-state index contributed by atoms with van der Waals surface area (Å²) in [4.78, 5) is 17.1. The molecule has 2 aromatic rings. The van der Waals surface area contributed by atoms with Gasteiger partial charge < -0.3 is 19.9 Å². The van der Waals surface area contributed by atoms with E-state index in [0.717, 1.165) is 6.07 Å². The second-order valence-electron chi connectivity index (χ2n) is 9.14. The number of ether oxygens (including phenoxy) is 2. The third-order valence-corrected chi connectivity index (χ3v) is 5.67. The number of benzene rings is 1. The van der Waals surface area contributed by atoms with Crippen LogP contribution in [0.2, 0.25) is 0 Å². The van der Waals surface area contributed by atoms with Crippen molar-refractivity contribution in [2.24, 2.45) is 0 Å². The molecule has 1 aliphatic heterocycles. The topological polar surface area (TPSA) is 80.7 Å². The number of halogens is 3. The average Bonchev–Trinajstić information content (AvgIpc) is 2.71. The van der Waals surface area contributed by atoms with E-state index in [2.05, 4.69) is 38.1 Å². The minimum atomic E-state index is -1.15. The first-order valence-electron chi connectivity index (χ1n) is 10.9. The molecule has 0 spiro atoms. The summed E-state index contributed by atoms with van der Waals surface area (Å²) in [5, 5.41) is 13.3. The normalized spacial score (nSPS) is 16.2. The Kier molecular flexibility index (Phi) is 8.29. The first-order valence-corrected chi connectivity index (χ1v) is 11.7. The highest BCUT2D eigenvalue weighted by Gasteiger charge is 2.28. The van der Waals surface area contributed by atoms with Crippen LogP contribution >= 0.6 is 15.9 Å². The molecule has 1 saturated heterocycles. The fourth-order valence-electron chi connectivity index (χ4n) is 3.42. The van der Waals surface area contributed by atoms with E-state index in [0.29, 0.717) is 47.5 Å². The van der Waals surface area contributed by atoms with Crippen LogP contribution in [0.1, 0.15) is 56.6 Å². The first kappa shape index (κ1) is 26.1. The molecule has 34 heavy (non-hydrogen) atoms. The maximum absolute atomic E-state index is 13.8. The van der Waals surface area contributed by atoms with Crippen LogP contribution in [0.5, 0.6) is 0 Å². The highest BCUT2D eigenvalue weighted by molar-refractivity contribution is 9.10. The Bertz CT molecular complexity index is 1080. The zero-order valence-corrected chi connectivity index (χ0v) is 20.8. The largest absolute Gasteiger partial charge is 0.444 e. The van der Waals surface area contributed by atoms with Crippen LogP contribution < -0.4 is 5.32 Å². The second kappa shape index (κ2) is 10.8. The van der Waals surface area contributed by atoms with Gasteiger partial charge in [-0.2, -0.15) is 0 Å². The molecule has 1 unspecified atom stereocenters. The van der Waals surface area contributed by atoms with Gasteiger partial charge in [0.2, 0.25) is 0 Å². The van der Waals surface area contributed by atoms with Crippen LogP contribution in [0.25, 0.3) is 0 Å². The van der Waals surface area contributed by atoms with E-state index in [4.69, 9.17) is 9.47 Å². The van der Waals surface area contributed by atoms with Crippen molar-refractivity contribution in [1.82, 2.24) is 10.3 Å². The van der Waals surface area contributed by atoms with E-state index in [-0.39, 0.29) is 6.42 Å². The molecule has 1 aromatic heterocycles. The average molecular weight is 537 g/mol. The number of hydrogen-bond donors (Lipinski definition) is 2. The van der Waals surface area contributed by atoms with Gasteiger partial charge >= 0.3 is 6.09 Å². The van der Waals surface area contributed by atoms with Crippen molar-refractivity contribution in [2.75, 3.05) is 13.2 Å². The summed E-state index contributed by atoms with van der Waals surface area (Å²) in [7, 11) is 0. The zero-order valence-electron chi connectivity index (χ0n) is 19.3. The highest BCUT2D eigenvalue weighted by atomic mass is 79.9. The third kappa shape index (κ3) is 7.76. The number of carbonyl (C=O) groups is 1. The predicted molar refractivity (Wildman–Crippen MR) is 126 cm³/mol. The molecule has 1 aromatic carbocycles. The molecule has 182 valence electrons. The molecular formula is C25H27BrF2N2O4. The Morgan fingerprint density at radius 3 is 2.53 bits per heavy atom. The molecule has 6 nitrogen and oxygen atoms in total. The van der Waals surface area contributed by atoms with Crippen molar-refractivity contribution in [3.8, 4) is 11.8 Å². The molecule has 0 radical (unpaired) electrons. The lowest BCUT2D eigenvalue weighted by molar-refractivity contribution is -0.0262. The number of aromatic nitrogens is 1. The van der Waals surface area contributed by atoms with Gasteiger partial charge in [-0.05, 0) is 78.9 Å². The number of carbonyl (C=O) groups excluding carboxylic acids is 1. The predicted octanol–water partition coefficient (Wildman–Crippen LogP) is 4.82. The Balaban J connectivity index is 1.93. The molecule has 2 N–H and O–H groups in total. The molecule has 3 rings (SSSR count). The SMILES string of the molecule is CC(C)(C)OC(=O)NC(Cc1cc(F)cc(F)c1)c1nc(C#CC2(O)CCOCC2)ccc1Br. The van der Waals surface area contributed by atoms with Gasteiger partial charge in [0.25, 0.3) is 0 Å². The summed E-state index contributed by atoms with van der Waals surface area (Å²) in [5.74, 6) is 4.33. The molecule has 1 amide bonds. The van der Waals surface area contributed by atoms with Gasteiger partial charge in [0, 0.05) is 23.4 Å². The molecule has 2 heterocycles. The molecule has 1 fully saturated rings. The number of alkyl carbamates (subject to hydrolysis) is 1. The zero-order chi connectivity index (χ0) is 24.9. The van der Waals surface area contributed by atoms with Gasteiger partial charge in [0.15, 0.2) is 0 Å². The smallest absolute Gasteiger partial charge is 0.408 e. The highest BCUT2D eigenvalue weighted by Crippen LogP contribution is 2.27. The summed E-state index contributed by atoms with van der Waals surface area (Å²) < 4.78 is 38.8. The standard InChI is InChI=1S/C25H27BrF2N2O4/c1-24(2,3)34-23(31)30-21(14-16-12-17(27)15-18(28)13-16)22-20(26)5-4-19(29-22)6-7-25(32)8-10-33-11-9-25/h4-5,12-13,15,21,32H,8-11,14H2,1-3H3,(H,30,31). The van der Waals surface area contributed by atoms with Crippen LogP contribution in [0.3, 0.4) is 0 Å². The Labute approximate surface area is 206 Å². The monoisotopic (exact) mass is 536 g/mol. The van der Waals surface area contributed by atoms with Crippen molar-refractivity contribution >= 4 is 22.0 Å². The molecule has 0 bridgehead atoms. The van der Waals surface area contributed by atoms with Gasteiger partial charge in [-0.15, -0.1) is 0 Å². The van der Waals surface area contributed by atoms with Crippen LogP contribution in [0.4, 0.5) is 13.6 Å². The molecule has 1 atom stereocenters. The van der Waals surface area contributed by atoms with Crippen LogP contribution in [-0.2, 0) is 15.9 Å². The number of aliphatic hydroxyl groups is 1. The van der Waals surface area contributed by atoms with E-state index < -0.39 is 35.0 Å². The van der Waals surface area contributed by atoms with E-state index in [1.54, 1.807) is 32.9 Å². The molecular weight excluding hydrogens is 510 g/mol. The van der Waals surface area contributed by atoms with Crippen molar-refractivity contribution in [1.29, 1.82) is 0 Å². The van der Waals surface area contributed by atoms with E-state index in [1.165, 1.54) is 12.1 Å². The fraction of sp³-hybridized carbons (Fsp3) is 0.440. The summed E-state index contributed by atoms with van der Waals surface area (Å²) in [6, 6.07) is 5.80. The van der Waals surface area contributed by atoms with E-state index in [1.807, 2.05) is 0 Å². The fourth-order valence-corrected chi connectivity index (χ4v) is 3.91.